The molecule has 0 fully saturated rings. The fourth-order valence-corrected chi connectivity index (χ4v) is 6.26. The lowest BCUT2D eigenvalue weighted by Gasteiger charge is -2.25. The zero-order valence-electron chi connectivity index (χ0n) is 24.9. The zero-order chi connectivity index (χ0) is 31.5. The molecule has 0 spiro atoms. The largest absolute Gasteiger partial charge is 0.493 e. The number of thiazole rings is 1. The number of ether oxygens (including phenoxy) is 3. The highest BCUT2D eigenvalue weighted by atomic mass is 35.5. The second kappa shape index (κ2) is 13.3. The van der Waals surface area contributed by atoms with Crippen molar-refractivity contribution in [3.63, 3.8) is 0 Å². The molecule has 1 aromatic heterocycles. The summed E-state index contributed by atoms with van der Waals surface area (Å²) in [6.45, 7) is 4.00. The number of aromatic nitrogens is 1. The summed E-state index contributed by atoms with van der Waals surface area (Å²) in [5.74, 6) is 0.546. The third-order valence-corrected chi connectivity index (χ3v) is 8.83. The van der Waals surface area contributed by atoms with Gasteiger partial charge in [0.15, 0.2) is 16.3 Å². The van der Waals surface area contributed by atoms with Crippen molar-refractivity contribution >= 4 is 52.3 Å². The van der Waals surface area contributed by atoms with Crippen molar-refractivity contribution in [2.45, 2.75) is 26.5 Å². The first-order valence-electron chi connectivity index (χ1n) is 13.8. The number of allylic oxidation sites excluding steroid dienone is 1. The molecule has 5 rings (SSSR count). The molecule has 1 aliphatic rings. The fourth-order valence-electron chi connectivity index (χ4n) is 4.90. The predicted molar refractivity (Wildman–Crippen MR) is 175 cm³/mol. The molecule has 3 aromatic carbocycles. The Bertz CT molecular complexity index is 1930. The molecule has 0 N–H and O–H groups in total. The molecule has 0 saturated heterocycles. The molecule has 0 saturated carbocycles. The Morgan fingerprint density at radius 3 is 2.45 bits per heavy atom. The van der Waals surface area contributed by atoms with Gasteiger partial charge >= 0.3 is 5.97 Å². The Labute approximate surface area is 269 Å². The van der Waals surface area contributed by atoms with E-state index >= 15 is 0 Å². The lowest BCUT2D eigenvalue weighted by molar-refractivity contribution is -0.139. The van der Waals surface area contributed by atoms with Crippen LogP contribution in [-0.4, -0.2) is 38.3 Å². The average molecular weight is 653 g/mol. The molecule has 1 atom stereocenters. The number of hydrogen-bond acceptors (Lipinski definition) is 8. The maximum absolute atomic E-state index is 14.0. The summed E-state index contributed by atoms with van der Waals surface area (Å²) < 4.78 is 19.0. The normalized spacial score (nSPS) is 14.6. The first kappa shape index (κ1) is 31.4. The molecule has 1 aliphatic heterocycles. The number of carbonyl (C=O) groups is 1. The maximum Gasteiger partial charge on any atom is 0.338 e. The van der Waals surface area contributed by atoms with E-state index in [4.69, 9.17) is 37.4 Å². The van der Waals surface area contributed by atoms with E-state index < -0.39 is 12.0 Å². The first-order chi connectivity index (χ1) is 21.1. The van der Waals surface area contributed by atoms with Crippen molar-refractivity contribution < 1.29 is 19.0 Å². The molecule has 0 radical (unpaired) electrons. The van der Waals surface area contributed by atoms with Gasteiger partial charge in [0, 0.05) is 19.8 Å². The fraction of sp³-hybridized carbons (Fsp3) is 0.242. The number of esters is 1. The minimum absolute atomic E-state index is 0.210. The third kappa shape index (κ3) is 6.40. The van der Waals surface area contributed by atoms with Crippen LogP contribution in [0.2, 0.25) is 10.0 Å². The van der Waals surface area contributed by atoms with Crippen LogP contribution in [-0.2, 0) is 16.1 Å². The van der Waals surface area contributed by atoms with Gasteiger partial charge in [0.1, 0.15) is 6.61 Å². The summed E-state index contributed by atoms with van der Waals surface area (Å²) in [6.07, 6.45) is 1.78. The molecule has 228 valence electrons. The number of fused-ring (bicyclic) bond motifs is 1. The Hall–Kier alpha value is -4.05. The maximum atomic E-state index is 14.0. The van der Waals surface area contributed by atoms with Gasteiger partial charge in [-0.25, -0.2) is 9.79 Å². The Morgan fingerprint density at radius 1 is 1.05 bits per heavy atom. The van der Waals surface area contributed by atoms with E-state index in [0.29, 0.717) is 42.1 Å². The van der Waals surface area contributed by atoms with Gasteiger partial charge in [-0.3, -0.25) is 9.36 Å². The number of halogens is 2. The molecular weight excluding hydrogens is 621 g/mol. The molecular formula is C33H31Cl2N3O5S. The molecule has 0 amide bonds. The smallest absolute Gasteiger partial charge is 0.338 e. The van der Waals surface area contributed by atoms with E-state index in [2.05, 4.69) is 4.99 Å². The molecule has 4 aromatic rings. The predicted octanol–water partition coefficient (Wildman–Crippen LogP) is 5.76. The summed E-state index contributed by atoms with van der Waals surface area (Å²) >= 11 is 13.4. The lowest BCUT2D eigenvalue weighted by atomic mass is 9.95. The van der Waals surface area contributed by atoms with Crippen molar-refractivity contribution in [2.75, 3.05) is 32.7 Å². The zero-order valence-corrected chi connectivity index (χ0v) is 27.2. The molecule has 0 unspecified atom stereocenters. The van der Waals surface area contributed by atoms with Crippen LogP contribution in [0.1, 0.15) is 36.6 Å². The number of rotatable bonds is 9. The van der Waals surface area contributed by atoms with Crippen molar-refractivity contribution in [1.82, 2.24) is 4.57 Å². The molecule has 0 bridgehead atoms. The summed E-state index contributed by atoms with van der Waals surface area (Å²) in [7, 11) is 5.46. The van der Waals surface area contributed by atoms with E-state index in [1.54, 1.807) is 55.9 Å². The molecule has 2 heterocycles. The average Bonchev–Trinajstić information content (AvgIpc) is 3.31. The van der Waals surface area contributed by atoms with Crippen LogP contribution in [0.4, 0.5) is 5.69 Å². The number of carbonyl (C=O) groups excluding carboxylic acids is 1. The summed E-state index contributed by atoms with van der Waals surface area (Å²) in [4.78, 5) is 34.3. The molecule has 11 heteroatoms. The molecule has 8 nitrogen and oxygen atoms in total. The highest BCUT2D eigenvalue weighted by Gasteiger charge is 2.33. The Kier molecular flexibility index (Phi) is 9.48. The number of nitrogens with zero attached hydrogens (tertiary/aromatic N) is 3. The van der Waals surface area contributed by atoms with Crippen LogP contribution in [0.3, 0.4) is 0 Å². The van der Waals surface area contributed by atoms with Gasteiger partial charge in [-0.05, 0) is 73.0 Å². The highest BCUT2D eigenvalue weighted by molar-refractivity contribution is 7.07. The summed E-state index contributed by atoms with van der Waals surface area (Å²) in [5, 5.41) is 0.928. The number of anilines is 1. The van der Waals surface area contributed by atoms with Gasteiger partial charge in [0.25, 0.3) is 5.56 Å². The van der Waals surface area contributed by atoms with Crippen LogP contribution < -0.4 is 29.3 Å². The van der Waals surface area contributed by atoms with Crippen LogP contribution in [0.15, 0.2) is 81.7 Å². The van der Waals surface area contributed by atoms with Crippen molar-refractivity contribution in [3.05, 3.63) is 118 Å². The molecule has 0 aliphatic carbocycles. The molecule has 44 heavy (non-hydrogen) atoms. The van der Waals surface area contributed by atoms with Crippen LogP contribution in [0.5, 0.6) is 11.5 Å². The van der Waals surface area contributed by atoms with Gasteiger partial charge in [0.2, 0.25) is 0 Å². The van der Waals surface area contributed by atoms with Crippen LogP contribution in [0.25, 0.3) is 6.08 Å². The van der Waals surface area contributed by atoms with Gasteiger partial charge in [-0.2, -0.15) is 0 Å². The van der Waals surface area contributed by atoms with E-state index in [1.165, 1.54) is 11.3 Å². The minimum Gasteiger partial charge on any atom is -0.493 e. The van der Waals surface area contributed by atoms with Crippen molar-refractivity contribution in [2.24, 2.45) is 4.99 Å². The van der Waals surface area contributed by atoms with Gasteiger partial charge in [-0.15, -0.1) is 0 Å². The minimum atomic E-state index is -0.685. The van der Waals surface area contributed by atoms with Crippen LogP contribution >= 0.6 is 34.5 Å². The quantitative estimate of drug-likeness (QED) is 0.214. The second-order valence-corrected chi connectivity index (χ2v) is 12.1. The van der Waals surface area contributed by atoms with E-state index in [9.17, 15) is 9.59 Å². The monoisotopic (exact) mass is 651 g/mol. The number of benzene rings is 3. The summed E-state index contributed by atoms with van der Waals surface area (Å²) in [6, 6.07) is 17.8. The second-order valence-electron chi connectivity index (χ2n) is 10.2. The third-order valence-electron chi connectivity index (χ3n) is 7.11. The van der Waals surface area contributed by atoms with E-state index in [-0.39, 0.29) is 18.8 Å². The van der Waals surface area contributed by atoms with Crippen molar-refractivity contribution in [3.8, 4) is 11.5 Å². The van der Waals surface area contributed by atoms with Gasteiger partial charge in [0.05, 0.1) is 45.6 Å². The van der Waals surface area contributed by atoms with E-state index in [1.807, 2.05) is 55.4 Å². The van der Waals surface area contributed by atoms with E-state index in [0.717, 1.165) is 22.4 Å². The standard InChI is InChI=1S/C33H31Cl2N3O5S/c1-6-42-32(40)29-19(2)36-33-38(30(29)22-9-11-23(12-10-22)37(3)4)31(39)28(44-33)17-20-8-14-26(27(16-20)41-5)43-18-21-7-13-24(34)25(35)15-21/h7-17,30H,6,18H2,1-5H3/b28-17-/t30-/m1/s1. The van der Waals surface area contributed by atoms with Gasteiger partial charge < -0.3 is 19.1 Å². The Balaban J connectivity index is 1.53. The summed E-state index contributed by atoms with van der Waals surface area (Å²) in [5.41, 5.74) is 3.97. The van der Waals surface area contributed by atoms with Crippen LogP contribution in [0, 0.1) is 0 Å². The number of hydrogen-bond donors (Lipinski definition) is 0. The highest BCUT2D eigenvalue weighted by Crippen LogP contribution is 2.32. The van der Waals surface area contributed by atoms with Crippen molar-refractivity contribution in [1.29, 1.82) is 0 Å². The first-order valence-corrected chi connectivity index (χ1v) is 15.4. The lowest BCUT2D eigenvalue weighted by Crippen LogP contribution is -2.39. The number of methoxy groups -OCH3 is 1. The SMILES string of the molecule is CCOC(=O)C1=C(C)N=c2s/c(=C\c3ccc(OCc4ccc(Cl)c(Cl)c4)c(OC)c3)c(=O)n2[C@@H]1c1ccc(N(C)C)cc1. The topological polar surface area (TPSA) is 82.4 Å². The van der Waals surface area contributed by atoms with Gasteiger partial charge in [-0.1, -0.05) is 58.8 Å². The Morgan fingerprint density at radius 2 is 1.80 bits per heavy atom.